The minimum Gasteiger partial charge on any atom is -0.389 e. The monoisotopic (exact) mass is 216 g/mol. The molecule has 0 spiro atoms. The molecule has 0 saturated carbocycles. The molecule has 1 amide bonds. The SMILES string of the molecule is CC1=NC(=O)CN1C.COB(OC)OC. The second-order valence-electron chi connectivity index (χ2n) is 2.90. The van der Waals surface area contributed by atoms with Crippen LogP contribution < -0.4 is 0 Å². The normalized spacial score (nSPS) is 14.6. The third kappa shape index (κ3) is 5.51. The lowest BCUT2D eigenvalue weighted by atomic mass is 10.2. The molecule has 1 aliphatic rings. The van der Waals surface area contributed by atoms with Crippen LogP contribution in [0.5, 0.6) is 0 Å². The van der Waals surface area contributed by atoms with Crippen molar-refractivity contribution in [1.82, 2.24) is 4.90 Å². The molecule has 1 aliphatic heterocycles. The van der Waals surface area contributed by atoms with Gasteiger partial charge in [-0.1, -0.05) is 0 Å². The van der Waals surface area contributed by atoms with Gasteiger partial charge in [-0.3, -0.25) is 4.79 Å². The van der Waals surface area contributed by atoms with E-state index in [0.29, 0.717) is 6.54 Å². The summed E-state index contributed by atoms with van der Waals surface area (Å²) in [5, 5.41) is 0. The summed E-state index contributed by atoms with van der Waals surface area (Å²) in [7, 11) is 5.87. The molecular formula is C8H17BN2O4. The third-order valence-electron chi connectivity index (χ3n) is 1.79. The number of rotatable bonds is 3. The average Bonchev–Trinajstić information content (AvgIpc) is 2.48. The Labute approximate surface area is 90.4 Å². The predicted molar refractivity (Wildman–Crippen MR) is 57.5 cm³/mol. The Morgan fingerprint density at radius 2 is 1.73 bits per heavy atom. The smallest absolute Gasteiger partial charge is 0.389 e. The molecule has 0 bridgehead atoms. The zero-order valence-corrected chi connectivity index (χ0v) is 9.81. The van der Waals surface area contributed by atoms with Crippen LogP contribution in [0.3, 0.4) is 0 Å². The number of carbonyl (C=O) groups excluding carboxylic acids is 1. The van der Waals surface area contributed by atoms with Gasteiger partial charge in [0.05, 0.1) is 6.54 Å². The fraction of sp³-hybridized carbons (Fsp3) is 0.750. The number of aliphatic imine (C=N–C) groups is 1. The first-order chi connectivity index (χ1) is 7.04. The van der Waals surface area contributed by atoms with E-state index >= 15 is 0 Å². The minimum absolute atomic E-state index is 0.0370. The molecule has 0 atom stereocenters. The molecule has 0 N–H and O–H groups in total. The first-order valence-corrected chi connectivity index (χ1v) is 4.42. The van der Waals surface area contributed by atoms with Crippen LogP contribution in [0.15, 0.2) is 4.99 Å². The van der Waals surface area contributed by atoms with Crippen molar-refractivity contribution in [2.24, 2.45) is 4.99 Å². The summed E-state index contributed by atoms with van der Waals surface area (Å²) in [6.07, 6.45) is 0. The van der Waals surface area contributed by atoms with Gasteiger partial charge in [-0.25, -0.2) is 0 Å². The van der Waals surface area contributed by atoms with Crippen LogP contribution in [-0.2, 0) is 18.8 Å². The van der Waals surface area contributed by atoms with Gasteiger partial charge in [-0.2, -0.15) is 4.99 Å². The van der Waals surface area contributed by atoms with E-state index in [4.69, 9.17) is 0 Å². The fourth-order valence-electron chi connectivity index (χ4n) is 0.907. The summed E-state index contributed by atoms with van der Waals surface area (Å²) >= 11 is 0. The Bertz CT molecular complexity index is 225. The number of amidine groups is 1. The molecule has 0 fully saturated rings. The number of hydrogen-bond donors (Lipinski definition) is 0. The van der Waals surface area contributed by atoms with E-state index in [2.05, 4.69) is 19.0 Å². The van der Waals surface area contributed by atoms with Gasteiger partial charge >= 0.3 is 7.32 Å². The van der Waals surface area contributed by atoms with Gasteiger partial charge in [0.15, 0.2) is 0 Å². The summed E-state index contributed by atoms with van der Waals surface area (Å²) in [4.78, 5) is 15.9. The van der Waals surface area contributed by atoms with Gasteiger partial charge in [0.25, 0.3) is 5.91 Å². The summed E-state index contributed by atoms with van der Waals surface area (Å²) in [6.45, 7) is 2.27. The van der Waals surface area contributed by atoms with Crippen LogP contribution in [0.1, 0.15) is 6.92 Å². The van der Waals surface area contributed by atoms with Crippen molar-refractivity contribution in [1.29, 1.82) is 0 Å². The number of carbonyl (C=O) groups is 1. The highest BCUT2D eigenvalue weighted by Crippen LogP contribution is 1.96. The van der Waals surface area contributed by atoms with Crippen molar-refractivity contribution >= 4 is 19.1 Å². The van der Waals surface area contributed by atoms with Gasteiger partial charge in [0.2, 0.25) is 0 Å². The van der Waals surface area contributed by atoms with Gasteiger partial charge < -0.3 is 18.9 Å². The van der Waals surface area contributed by atoms with E-state index in [9.17, 15) is 4.79 Å². The van der Waals surface area contributed by atoms with E-state index in [0.717, 1.165) is 5.84 Å². The van der Waals surface area contributed by atoms with Crippen molar-refractivity contribution < 1.29 is 18.8 Å². The van der Waals surface area contributed by atoms with Crippen molar-refractivity contribution in [2.75, 3.05) is 34.9 Å². The molecule has 0 unspecified atom stereocenters. The van der Waals surface area contributed by atoms with Crippen molar-refractivity contribution in [3.63, 3.8) is 0 Å². The van der Waals surface area contributed by atoms with Gasteiger partial charge in [-0.15, -0.1) is 0 Å². The highest BCUT2D eigenvalue weighted by Gasteiger charge is 2.14. The molecule has 0 aliphatic carbocycles. The molecule has 0 saturated heterocycles. The van der Waals surface area contributed by atoms with Crippen LogP contribution in [0.2, 0.25) is 0 Å². The van der Waals surface area contributed by atoms with Crippen LogP contribution in [-0.4, -0.2) is 58.9 Å². The molecule has 7 heteroatoms. The van der Waals surface area contributed by atoms with E-state index in [-0.39, 0.29) is 5.91 Å². The summed E-state index contributed by atoms with van der Waals surface area (Å²) in [5.74, 6) is 0.778. The molecule has 0 aromatic rings. The van der Waals surface area contributed by atoms with Gasteiger partial charge in [0, 0.05) is 28.4 Å². The number of nitrogens with zero attached hydrogens (tertiary/aromatic N) is 2. The Kier molecular flexibility index (Phi) is 6.94. The molecule has 1 heterocycles. The number of amides is 1. The Balaban J connectivity index is 0.000000265. The largest absolute Gasteiger partial charge is 0.638 e. The summed E-state index contributed by atoms with van der Waals surface area (Å²) < 4.78 is 13.8. The zero-order valence-electron chi connectivity index (χ0n) is 9.81. The van der Waals surface area contributed by atoms with Crippen molar-refractivity contribution in [3.8, 4) is 0 Å². The Morgan fingerprint density at radius 1 is 1.27 bits per heavy atom. The maximum absolute atomic E-state index is 10.4. The second kappa shape index (κ2) is 7.39. The second-order valence-corrected chi connectivity index (χ2v) is 2.90. The van der Waals surface area contributed by atoms with Crippen molar-refractivity contribution in [2.45, 2.75) is 6.92 Å². The molecule has 86 valence electrons. The van der Waals surface area contributed by atoms with Crippen LogP contribution in [0.25, 0.3) is 0 Å². The van der Waals surface area contributed by atoms with E-state index in [1.54, 1.807) is 0 Å². The highest BCUT2D eigenvalue weighted by molar-refractivity contribution is 6.36. The molecular weight excluding hydrogens is 199 g/mol. The van der Waals surface area contributed by atoms with Crippen LogP contribution in [0, 0.1) is 0 Å². The third-order valence-corrected chi connectivity index (χ3v) is 1.79. The first-order valence-electron chi connectivity index (χ1n) is 4.42. The maximum atomic E-state index is 10.4. The van der Waals surface area contributed by atoms with Crippen molar-refractivity contribution in [3.05, 3.63) is 0 Å². The lowest BCUT2D eigenvalue weighted by Gasteiger charge is -2.05. The molecule has 0 aromatic heterocycles. The fourth-order valence-corrected chi connectivity index (χ4v) is 0.907. The minimum atomic E-state index is -0.514. The zero-order chi connectivity index (χ0) is 11.8. The highest BCUT2D eigenvalue weighted by atomic mass is 16.7. The first kappa shape index (κ1) is 14.1. The van der Waals surface area contributed by atoms with E-state index in [1.165, 1.54) is 21.3 Å². The van der Waals surface area contributed by atoms with Gasteiger partial charge in [-0.05, 0) is 6.92 Å². The molecule has 0 aromatic carbocycles. The predicted octanol–water partition coefficient (Wildman–Crippen LogP) is -0.213. The quantitative estimate of drug-likeness (QED) is 0.610. The molecule has 15 heavy (non-hydrogen) atoms. The lowest BCUT2D eigenvalue weighted by Crippen LogP contribution is -2.21. The Morgan fingerprint density at radius 3 is 1.80 bits per heavy atom. The van der Waals surface area contributed by atoms with Crippen LogP contribution >= 0.6 is 0 Å². The van der Waals surface area contributed by atoms with Gasteiger partial charge in [0.1, 0.15) is 5.84 Å². The summed E-state index contributed by atoms with van der Waals surface area (Å²) in [6, 6.07) is 0. The lowest BCUT2D eigenvalue weighted by molar-refractivity contribution is -0.116. The standard InChI is InChI=1S/C5H8N2O.C3H9BO3/c1-4-6-5(8)3-7(4)2;1-5-4(6-2)7-3/h3H2,1-2H3;1-3H3. The molecule has 0 radical (unpaired) electrons. The molecule has 1 rings (SSSR count). The van der Waals surface area contributed by atoms with Crippen LogP contribution in [0.4, 0.5) is 0 Å². The Hall–Kier alpha value is -0.915. The topological polar surface area (TPSA) is 60.4 Å². The van der Waals surface area contributed by atoms with E-state index in [1.807, 2.05) is 18.9 Å². The number of hydrogen-bond acceptors (Lipinski definition) is 5. The molecule has 6 nitrogen and oxygen atoms in total. The average molecular weight is 216 g/mol. The summed E-state index contributed by atoms with van der Waals surface area (Å²) in [5.41, 5.74) is 0. The maximum Gasteiger partial charge on any atom is 0.638 e. The van der Waals surface area contributed by atoms with E-state index < -0.39 is 7.32 Å². The number of likely N-dealkylation sites (N-methyl/N-ethyl adjacent to an activating group) is 1.